The molecule has 4 nitrogen and oxygen atoms in total. The van der Waals surface area contributed by atoms with Crippen LogP contribution in [0.5, 0.6) is 0 Å². The van der Waals surface area contributed by atoms with Gasteiger partial charge in [-0.05, 0) is 46.2 Å². The van der Waals surface area contributed by atoms with Crippen LogP contribution in [0.1, 0.15) is 51.7 Å². The summed E-state index contributed by atoms with van der Waals surface area (Å²) >= 11 is 0. The summed E-state index contributed by atoms with van der Waals surface area (Å²) in [5.41, 5.74) is 5.95. The molecule has 1 aromatic rings. The molecule has 4 heteroatoms. The highest BCUT2D eigenvalue weighted by Gasteiger charge is 2.22. The van der Waals surface area contributed by atoms with Crippen molar-refractivity contribution < 1.29 is 13.9 Å². The highest BCUT2D eigenvalue weighted by molar-refractivity contribution is 5.10. The van der Waals surface area contributed by atoms with Crippen molar-refractivity contribution in [2.75, 3.05) is 13.2 Å². The zero-order valence-corrected chi connectivity index (χ0v) is 12.7. The number of furan rings is 1. The Bertz CT molecular complexity index is 368. The molecule has 2 unspecified atom stereocenters. The molecular formula is C15H27NO3. The number of hydrogen-bond acceptors (Lipinski definition) is 4. The Morgan fingerprint density at radius 1 is 1.26 bits per heavy atom. The van der Waals surface area contributed by atoms with Gasteiger partial charge in [0.05, 0.1) is 18.8 Å². The van der Waals surface area contributed by atoms with Gasteiger partial charge >= 0.3 is 0 Å². The van der Waals surface area contributed by atoms with Crippen LogP contribution in [0.15, 0.2) is 16.5 Å². The first-order chi connectivity index (χ1) is 8.83. The lowest BCUT2D eigenvalue weighted by molar-refractivity contribution is -0.0612. The van der Waals surface area contributed by atoms with Crippen molar-refractivity contribution in [3.8, 4) is 0 Å². The Morgan fingerprint density at radius 3 is 2.42 bits per heavy atom. The van der Waals surface area contributed by atoms with Crippen molar-refractivity contribution in [2.45, 2.75) is 58.8 Å². The predicted molar refractivity (Wildman–Crippen MR) is 76.1 cm³/mol. The summed E-state index contributed by atoms with van der Waals surface area (Å²) in [5, 5.41) is 0. The van der Waals surface area contributed by atoms with E-state index < -0.39 is 0 Å². The molecule has 0 spiro atoms. The number of hydrogen-bond donors (Lipinski definition) is 1. The molecule has 0 bridgehead atoms. The van der Waals surface area contributed by atoms with Gasteiger partial charge in [-0.25, -0.2) is 0 Å². The first-order valence-electron chi connectivity index (χ1n) is 6.91. The smallest absolute Gasteiger partial charge is 0.134 e. The Kier molecular flexibility index (Phi) is 6.04. The van der Waals surface area contributed by atoms with Crippen molar-refractivity contribution in [3.05, 3.63) is 23.7 Å². The van der Waals surface area contributed by atoms with Gasteiger partial charge in [-0.1, -0.05) is 6.92 Å². The third-order valence-corrected chi connectivity index (χ3v) is 2.82. The lowest BCUT2D eigenvalue weighted by Gasteiger charge is -2.23. The minimum absolute atomic E-state index is 0.0693. The van der Waals surface area contributed by atoms with E-state index in [1.807, 2.05) is 46.8 Å². The van der Waals surface area contributed by atoms with Crippen molar-refractivity contribution in [2.24, 2.45) is 5.73 Å². The van der Waals surface area contributed by atoms with Crippen LogP contribution in [0.4, 0.5) is 0 Å². The third-order valence-electron chi connectivity index (χ3n) is 2.82. The molecule has 2 atom stereocenters. The minimum atomic E-state index is -0.206. The SMILES string of the molecule is CCC(N)C(OCCOC(C)(C)C)c1ccc(C)o1. The molecule has 0 aliphatic rings. The summed E-state index contributed by atoms with van der Waals surface area (Å²) < 4.78 is 17.1. The Morgan fingerprint density at radius 2 is 1.95 bits per heavy atom. The molecule has 0 amide bonds. The number of ether oxygens (including phenoxy) is 2. The normalized spacial score (nSPS) is 15.5. The molecule has 0 aliphatic carbocycles. The average Bonchev–Trinajstić information content (AvgIpc) is 2.73. The van der Waals surface area contributed by atoms with Gasteiger partial charge in [0.15, 0.2) is 0 Å². The Hall–Kier alpha value is -0.840. The molecule has 1 heterocycles. The van der Waals surface area contributed by atoms with Gasteiger partial charge in [0.25, 0.3) is 0 Å². The standard InChI is InChI=1S/C15H27NO3/c1-6-12(16)14(13-8-7-11(2)19-13)17-9-10-18-15(3,4)5/h7-8,12,14H,6,9-10,16H2,1-5H3. The third kappa shape index (κ3) is 5.76. The Labute approximate surface area is 116 Å². The monoisotopic (exact) mass is 269 g/mol. The number of aryl methyl sites for hydroxylation is 1. The summed E-state index contributed by atoms with van der Waals surface area (Å²) in [4.78, 5) is 0. The lowest BCUT2D eigenvalue weighted by Crippen LogP contribution is -2.31. The van der Waals surface area contributed by atoms with E-state index in [-0.39, 0.29) is 17.7 Å². The van der Waals surface area contributed by atoms with Crippen LogP contribution in [0.3, 0.4) is 0 Å². The molecule has 0 radical (unpaired) electrons. The number of rotatable bonds is 7. The molecule has 0 fully saturated rings. The van der Waals surface area contributed by atoms with E-state index in [0.717, 1.165) is 17.9 Å². The Balaban J connectivity index is 2.52. The van der Waals surface area contributed by atoms with Gasteiger partial charge in [-0.3, -0.25) is 0 Å². The van der Waals surface area contributed by atoms with E-state index in [1.54, 1.807) is 0 Å². The summed E-state index contributed by atoms with van der Waals surface area (Å²) in [6, 6.07) is 3.79. The molecule has 1 rings (SSSR count). The van der Waals surface area contributed by atoms with Gasteiger partial charge in [-0.2, -0.15) is 0 Å². The van der Waals surface area contributed by atoms with Gasteiger partial charge in [0.2, 0.25) is 0 Å². The van der Waals surface area contributed by atoms with Crippen molar-refractivity contribution in [1.29, 1.82) is 0 Å². The van der Waals surface area contributed by atoms with Crippen LogP contribution < -0.4 is 5.73 Å². The largest absolute Gasteiger partial charge is 0.464 e. The van der Waals surface area contributed by atoms with E-state index in [4.69, 9.17) is 19.6 Å². The number of nitrogens with two attached hydrogens (primary N) is 1. The summed E-state index contributed by atoms with van der Waals surface area (Å²) in [6.45, 7) is 11.1. The van der Waals surface area contributed by atoms with Crippen LogP contribution in [-0.4, -0.2) is 24.9 Å². The maximum atomic E-state index is 6.10. The van der Waals surface area contributed by atoms with Crippen molar-refractivity contribution in [1.82, 2.24) is 0 Å². The molecule has 19 heavy (non-hydrogen) atoms. The van der Waals surface area contributed by atoms with Crippen LogP contribution >= 0.6 is 0 Å². The maximum Gasteiger partial charge on any atom is 0.134 e. The highest BCUT2D eigenvalue weighted by Crippen LogP contribution is 2.24. The van der Waals surface area contributed by atoms with E-state index in [1.165, 1.54) is 0 Å². The second-order valence-electron chi connectivity index (χ2n) is 5.77. The van der Waals surface area contributed by atoms with Crippen molar-refractivity contribution >= 4 is 0 Å². The predicted octanol–water partition coefficient (Wildman–Crippen LogP) is 3.20. The van der Waals surface area contributed by atoms with Crippen LogP contribution in [-0.2, 0) is 9.47 Å². The van der Waals surface area contributed by atoms with E-state index in [2.05, 4.69) is 0 Å². The fourth-order valence-corrected chi connectivity index (χ4v) is 1.76. The van der Waals surface area contributed by atoms with Crippen LogP contribution in [0.25, 0.3) is 0 Å². The zero-order valence-electron chi connectivity index (χ0n) is 12.7. The minimum Gasteiger partial charge on any atom is -0.464 e. The van der Waals surface area contributed by atoms with Crippen LogP contribution in [0, 0.1) is 6.92 Å². The summed E-state index contributed by atoms with van der Waals surface area (Å²) in [6.07, 6.45) is 0.632. The molecule has 0 saturated heterocycles. The molecule has 0 saturated carbocycles. The molecular weight excluding hydrogens is 242 g/mol. The van der Waals surface area contributed by atoms with E-state index >= 15 is 0 Å². The lowest BCUT2D eigenvalue weighted by atomic mass is 10.1. The highest BCUT2D eigenvalue weighted by atomic mass is 16.5. The topological polar surface area (TPSA) is 57.6 Å². The van der Waals surface area contributed by atoms with Gasteiger partial charge in [0.1, 0.15) is 17.6 Å². The summed E-state index contributed by atoms with van der Waals surface area (Å²) in [5.74, 6) is 1.67. The van der Waals surface area contributed by atoms with Gasteiger partial charge in [0, 0.05) is 6.04 Å². The molecule has 110 valence electrons. The second kappa shape index (κ2) is 7.08. The molecule has 0 aromatic carbocycles. The first kappa shape index (κ1) is 16.2. The summed E-state index contributed by atoms with van der Waals surface area (Å²) in [7, 11) is 0. The van der Waals surface area contributed by atoms with E-state index in [9.17, 15) is 0 Å². The van der Waals surface area contributed by atoms with Gasteiger partial charge < -0.3 is 19.6 Å². The average molecular weight is 269 g/mol. The van der Waals surface area contributed by atoms with Gasteiger partial charge in [-0.15, -0.1) is 0 Å². The van der Waals surface area contributed by atoms with Crippen molar-refractivity contribution in [3.63, 3.8) is 0 Å². The first-order valence-corrected chi connectivity index (χ1v) is 6.91. The van der Waals surface area contributed by atoms with E-state index in [0.29, 0.717) is 13.2 Å². The van der Waals surface area contributed by atoms with Crippen LogP contribution in [0.2, 0.25) is 0 Å². The molecule has 1 aromatic heterocycles. The quantitative estimate of drug-likeness (QED) is 0.772. The maximum absolute atomic E-state index is 6.10. The zero-order chi connectivity index (χ0) is 14.5. The molecule has 0 aliphatic heterocycles. The fourth-order valence-electron chi connectivity index (χ4n) is 1.76. The second-order valence-corrected chi connectivity index (χ2v) is 5.77. The fraction of sp³-hybridized carbons (Fsp3) is 0.733. The molecule has 2 N–H and O–H groups in total.